The van der Waals surface area contributed by atoms with Crippen molar-refractivity contribution in [1.82, 2.24) is 14.9 Å². The summed E-state index contributed by atoms with van der Waals surface area (Å²) in [7, 11) is 0. The van der Waals surface area contributed by atoms with E-state index in [9.17, 15) is 9.59 Å². The average Bonchev–Trinajstić information content (AvgIpc) is 3.11. The van der Waals surface area contributed by atoms with Crippen molar-refractivity contribution in [3.63, 3.8) is 0 Å². The highest BCUT2D eigenvalue weighted by atomic mass is 32.2. The number of nitrogens with zero attached hydrogens (tertiary/aromatic N) is 2. The number of carbonyl (C=O) groups excluding carboxylic acids is 1. The number of aromatic nitrogens is 2. The van der Waals surface area contributed by atoms with Crippen molar-refractivity contribution >= 4 is 39.2 Å². The van der Waals surface area contributed by atoms with Gasteiger partial charge in [0.15, 0.2) is 5.16 Å². The molecule has 2 aromatic heterocycles. The maximum absolute atomic E-state index is 12.6. The van der Waals surface area contributed by atoms with Crippen molar-refractivity contribution in [3.8, 4) is 0 Å². The minimum absolute atomic E-state index is 0.00581. The van der Waals surface area contributed by atoms with Crippen molar-refractivity contribution < 1.29 is 4.79 Å². The Morgan fingerprint density at radius 3 is 3.04 bits per heavy atom. The molecule has 26 heavy (non-hydrogen) atoms. The van der Waals surface area contributed by atoms with Gasteiger partial charge in [-0.15, -0.1) is 11.3 Å². The maximum Gasteiger partial charge on any atom is 0.272 e. The molecule has 2 heterocycles. The highest BCUT2D eigenvalue weighted by molar-refractivity contribution is 8.00. The van der Waals surface area contributed by atoms with Gasteiger partial charge in [-0.1, -0.05) is 23.4 Å². The predicted molar refractivity (Wildman–Crippen MR) is 109 cm³/mol. The molecule has 0 bridgehead atoms. The van der Waals surface area contributed by atoms with Crippen LogP contribution < -0.4 is 10.9 Å². The van der Waals surface area contributed by atoms with Crippen LogP contribution in [0.3, 0.4) is 0 Å². The van der Waals surface area contributed by atoms with Crippen LogP contribution in [-0.2, 0) is 11.3 Å². The lowest BCUT2D eigenvalue weighted by molar-refractivity contribution is -0.120. The third-order valence-electron chi connectivity index (χ3n) is 4.63. The minimum atomic E-state index is -0.295. The number of allylic oxidation sites excluding steroid dienone is 1. The van der Waals surface area contributed by atoms with Crippen LogP contribution in [0.4, 0.5) is 0 Å². The maximum atomic E-state index is 12.6. The number of thioether (sulfide) groups is 1. The van der Waals surface area contributed by atoms with E-state index in [-0.39, 0.29) is 16.7 Å². The second kappa shape index (κ2) is 8.86. The van der Waals surface area contributed by atoms with E-state index in [2.05, 4.69) is 16.4 Å². The van der Waals surface area contributed by atoms with Gasteiger partial charge in [0.05, 0.1) is 10.8 Å². The van der Waals surface area contributed by atoms with Crippen LogP contribution in [0.5, 0.6) is 0 Å². The number of carbonyl (C=O) groups is 1. The summed E-state index contributed by atoms with van der Waals surface area (Å²) in [5.74, 6) is -0.00581. The second-order valence-electron chi connectivity index (χ2n) is 6.49. The van der Waals surface area contributed by atoms with Gasteiger partial charge in [0.2, 0.25) is 5.91 Å². The summed E-state index contributed by atoms with van der Waals surface area (Å²) in [5, 5.41) is 5.22. The van der Waals surface area contributed by atoms with Crippen molar-refractivity contribution in [3.05, 3.63) is 33.4 Å². The zero-order chi connectivity index (χ0) is 18.5. The van der Waals surface area contributed by atoms with Crippen molar-refractivity contribution in [2.45, 2.75) is 62.9 Å². The molecule has 1 aliphatic rings. The van der Waals surface area contributed by atoms with Crippen LogP contribution in [0.2, 0.25) is 0 Å². The number of nitrogens with one attached hydrogen (secondary N) is 1. The van der Waals surface area contributed by atoms with Gasteiger partial charge in [-0.2, -0.15) is 0 Å². The molecule has 2 aromatic rings. The Morgan fingerprint density at radius 2 is 2.31 bits per heavy atom. The summed E-state index contributed by atoms with van der Waals surface area (Å²) < 4.78 is 2.33. The molecule has 140 valence electrons. The molecule has 1 aliphatic carbocycles. The van der Waals surface area contributed by atoms with Crippen LogP contribution in [-0.4, -0.2) is 27.3 Å². The fourth-order valence-electron chi connectivity index (χ4n) is 3.13. The van der Waals surface area contributed by atoms with Gasteiger partial charge in [-0.25, -0.2) is 4.98 Å². The van der Waals surface area contributed by atoms with Crippen molar-refractivity contribution in [1.29, 1.82) is 0 Å². The molecule has 1 atom stereocenters. The van der Waals surface area contributed by atoms with Crippen LogP contribution in [0, 0.1) is 0 Å². The van der Waals surface area contributed by atoms with Gasteiger partial charge < -0.3 is 5.32 Å². The second-order valence-corrected chi connectivity index (χ2v) is 8.71. The quantitative estimate of drug-likeness (QED) is 0.441. The standard InChI is InChI=1S/C19H25N3O2S2/c1-3-22-18(24)16-15(10-12-25-16)21-19(22)26-13(2)17(23)20-11-9-14-7-5-4-6-8-14/h7,10,12-13H,3-6,8-9,11H2,1-2H3,(H,20,23). The summed E-state index contributed by atoms with van der Waals surface area (Å²) in [4.78, 5) is 29.6. The Balaban J connectivity index is 1.62. The molecule has 0 aromatic carbocycles. The van der Waals surface area contributed by atoms with E-state index in [1.54, 1.807) is 4.57 Å². The van der Waals surface area contributed by atoms with Gasteiger partial charge in [0.25, 0.3) is 5.56 Å². The number of thiophene rings is 1. The Kier molecular flexibility index (Phi) is 6.53. The fourth-order valence-corrected chi connectivity index (χ4v) is 4.90. The number of hydrogen-bond donors (Lipinski definition) is 1. The summed E-state index contributed by atoms with van der Waals surface area (Å²) in [5.41, 5.74) is 2.15. The first-order chi connectivity index (χ1) is 12.6. The lowest BCUT2D eigenvalue weighted by Gasteiger charge is -2.16. The van der Waals surface area contributed by atoms with E-state index in [4.69, 9.17) is 0 Å². The van der Waals surface area contributed by atoms with Crippen LogP contribution in [0.15, 0.2) is 33.0 Å². The average molecular weight is 392 g/mol. The molecule has 0 radical (unpaired) electrons. The SMILES string of the molecule is CCn1c(SC(C)C(=O)NCCC2=CCCCC2)nc2ccsc2c1=O. The zero-order valence-corrected chi connectivity index (χ0v) is 16.9. The molecule has 0 saturated carbocycles. The summed E-state index contributed by atoms with van der Waals surface area (Å²) in [6, 6.07) is 1.86. The highest BCUT2D eigenvalue weighted by Gasteiger charge is 2.19. The largest absolute Gasteiger partial charge is 0.355 e. The molecule has 0 aliphatic heterocycles. The lowest BCUT2D eigenvalue weighted by atomic mass is 9.97. The predicted octanol–water partition coefficient (Wildman–Crippen LogP) is 3.97. The van der Waals surface area contributed by atoms with Crippen LogP contribution >= 0.6 is 23.1 Å². The monoisotopic (exact) mass is 391 g/mol. The summed E-state index contributed by atoms with van der Waals surface area (Å²) in [6.45, 7) is 5.01. The molecule has 0 saturated heterocycles. The van der Waals surface area contributed by atoms with Gasteiger partial charge in [-0.05, 0) is 57.4 Å². The zero-order valence-electron chi connectivity index (χ0n) is 15.3. The summed E-state index contributed by atoms with van der Waals surface area (Å²) >= 11 is 2.76. The lowest BCUT2D eigenvalue weighted by Crippen LogP contribution is -2.32. The number of fused-ring (bicyclic) bond motifs is 1. The van der Waals surface area contributed by atoms with E-state index < -0.39 is 0 Å². The van der Waals surface area contributed by atoms with Gasteiger partial charge in [-0.3, -0.25) is 14.2 Å². The van der Waals surface area contributed by atoms with E-state index >= 15 is 0 Å². The molecule has 0 fully saturated rings. The Morgan fingerprint density at radius 1 is 1.46 bits per heavy atom. The van der Waals surface area contributed by atoms with Gasteiger partial charge in [0, 0.05) is 13.1 Å². The van der Waals surface area contributed by atoms with Gasteiger partial charge in [0.1, 0.15) is 4.70 Å². The Bertz CT molecular complexity index is 869. The highest BCUT2D eigenvalue weighted by Crippen LogP contribution is 2.24. The molecule has 1 amide bonds. The van der Waals surface area contributed by atoms with E-state index in [1.165, 1.54) is 47.9 Å². The first kappa shape index (κ1) is 19.2. The molecule has 0 spiro atoms. The molecular weight excluding hydrogens is 366 g/mol. The van der Waals surface area contributed by atoms with E-state index in [1.807, 2.05) is 25.3 Å². The topological polar surface area (TPSA) is 64.0 Å². The molecule has 1 unspecified atom stereocenters. The normalized spacial score (nSPS) is 15.7. The molecule has 3 rings (SSSR count). The van der Waals surface area contributed by atoms with Crippen molar-refractivity contribution in [2.24, 2.45) is 0 Å². The first-order valence-electron chi connectivity index (χ1n) is 9.20. The van der Waals surface area contributed by atoms with Gasteiger partial charge >= 0.3 is 0 Å². The van der Waals surface area contributed by atoms with Crippen molar-refractivity contribution in [2.75, 3.05) is 6.54 Å². The third kappa shape index (κ3) is 4.38. The third-order valence-corrected chi connectivity index (χ3v) is 6.61. The summed E-state index contributed by atoms with van der Waals surface area (Å²) in [6.07, 6.45) is 8.12. The fraction of sp³-hybridized carbons (Fsp3) is 0.526. The smallest absolute Gasteiger partial charge is 0.272 e. The van der Waals surface area contributed by atoms with E-state index in [0.717, 1.165) is 12.8 Å². The number of rotatable bonds is 7. The Hall–Kier alpha value is -1.60. The first-order valence-corrected chi connectivity index (χ1v) is 11.0. The molecule has 1 N–H and O–H groups in total. The molecule has 5 nitrogen and oxygen atoms in total. The molecular formula is C19H25N3O2S2. The van der Waals surface area contributed by atoms with E-state index in [0.29, 0.717) is 28.5 Å². The number of hydrogen-bond acceptors (Lipinski definition) is 5. The molecule has 7 heteroatoms. The van der Waals surface area contributed by atoms with Crippen LogP contribution in [0.1, 0.15) is 46.0 Å². The Labute approximate surface area is 161 Å². The number of amides is 1. The minimum Gasteiger partial charge on any atom is -0.355 e. The van der Waals surface area contributed by atoms with Crippen LogP contribution in [0.25, 0.3) is 10.2 Å².